The van der Waals surface area contributed by atoms with Crippen molar-refractivity contribution in [2.24, 2.45) is 7.05 Å². The van der Waals surface area contributed by atoms with Crippen LogP contribution in [0.1, 0.15) is 9.67 Å². The van der Waals surface area contributed by atoms with Crippen LogP contribution >= 0.6 is 11.3 Å². The summed E-state index contributed by atoms with van der Waals surface area (Å²) >= 11 is 1.20. The van der Waals surface area contributed by atoms with Crippen molar-refractivity contribution in [2.75, 3.05) is 12.8 Å². The summed E-state index contributed by atoms with van der Waals surface area (Å²) < 4.78 is 6.98. The van der Waals surface area contributed by atoms with Gasteiger partial charge in [-0.15, -0.1) is 11.3 Å². The van der Waals surface area contributed by atoms with Crippen LogP contribution in [0.3, 0.4) is 0 Å². The zero-order valence-corrected chi connectivity index (χ0v) is 11.8. The van der Waals surface area contributed by atoms with E-state index in [0.717, 1.165) is 15.6 Å². The number of esters is 1. The number of hydrogen-bond acceptors (Lipinski definition) is 5. The van der Waals surface area contributed by atoms with Crippen molar-refractivity contribution >= 4 is 44.0 Å². The largest absolute Gasteiger partial charge is 0.465 e. The van der Waals surface area contributed by atoms with Crippen molar-refractivity contribution in [2.45, 2.75) is 0 Å². The van der Waals surface area contributed by atoms with Gasteiger partial charge in [0.15, 0.2) is 0 Å². The van der Waals surface area contributed by atoms with Crippen molar-refractivity contribution < 1.29 is 9.53 Å². The third kappa shape index (κ3) is 1.55. The summed E-state index contributed by atoms with van der Waals surface area (Å²) in [4.78, 5) is 24.4. The number of aromatic nitrogens is 1. The number of aryl methyl sites for hydroxylation is 1. The predicted molar refractivity (Wildman–Crippen MR) is 80.3 cm³/mol. The molecule has 3 rings (SSSR count). The number of ether oxygens (including phenoxy) is 1. The molecule has 1 aromatic carbocycles. The van der Waals surface area contributed by atoms with E-state index in [0.29, 0.717) is 5.39 Å². The monoisotopic (exact) mass is 288 g/mol. The van der Waals surface area contributed by atoms with Crippen LogP contribution in [0.4, 0.5) is 5.69 Å². The van der Waals surface area contributed by atoms with Gasteiger partial charge in [0.05, 0.1) is 28.4 Å². The molecule has 0 fully saturated rings. The lowest BCUT2D eigenvalue weighted by atomic mass is 10.1. The van der Waals surface area contributed by atoms with Gasteiger partial charge in [-0.3, -0.25) is 4.79 Å². The fourth-order valence-electron chi connectivity index (χ4n) is 2.33. The highest BCUT2D eigenvalue weighted by atomic mass is 32.1. The molecule has 0 aliphatic heterocycles. The fourth-order valence-corrected chi connectivity index (χ4v) is 3.49. The average Bonchev–Trinajstić information content (AvgIpc) is 2.82. The van der Waals surface area contributed by atoms with Crippen LogP contribution in [0.25, 0.3) is 21.0 Å². The van der Waals surface area contributed by atoms with E-state index in [-0.39, 0.29) is 16.1 Å². The number of para-hydroxylation sites is 1. The second kappa shape index (κ2) is 4.35. The average molecular weight is 288 g/mol. The molecule has 3 aromatic rings. The number of carbonyl (C=O) groups excluding carboxylic acids is 1. The van der Waals surface area contributed by atoms with Gasteiger partial charge in [-0.05, 0) is 6.07 Å². The zero-order chi connectivity index (χ0) is 14.4. The van der Waals surface area contributed by atoms with Crippen molar-refractivity contribution in [3.05, 3.63) is 39.5 Å². The third-order valence-electron chi connectivity index (χ3n) is 3.34. The highest BCUT2D eigenvalue weighted by Gasteiger charge is 2.21. The van der Waals surface area contributed by atoms with Gasteiger partial charge in [0.1, 0.15) is 4.88 Å². The second-order valence-electron chi connectivity index (χ2n) is 4.42. The molecule has 0 bridgehead atoms. The molecule has 0 atom stereocenters. The molecule has 2 heterocycles. The zero-order valence-electron chi connectivity index (χ0n) is 11.0. The van der Waals surface area contributed by atoms with E-state index in [9.17, 15) is 9.59 Å². The van der Waals surface area contributed by atoms with Crippen LogP contribution in [-0.2, 0) is 11.8 Å². The first-order chi connectivity index (χ1) is 9.56. The first-order valence-electron chi connectivity index (χ1n) is 5.94. The molecule has 20 heavy (non-hydrogen) atoms. The van der Waals surface area contributed by atoms with Crippen LogP contribution in [0, 0.1) is 0 Å². The van der Waals surface area contributed by atoms with Gasteiger partial charge in [0.25, 0.3) is 5.56 Å². The van der Waals surface area contributed by atoms with Crippen molar-refractivity contribution in [1.82, 2.24) is 4.57 Å². The smallest absolute Gasteiger partial charge is 0.350 e. The molecule has 102 valence electrons. The molecular formula is C14H12N2O3S. The Hall–Kier alpha value is -2.34. The molecule has 2 aromatic heterocycles. The van der Waals surface area contributed by atoms with Crippen LogP contribution in [0.15, 0.2) is 29.1 Å². The Morgan fingerprint density at radius 1 is 1.35 bits per heavy atom. The molecule has 0 aliphatic rings. The van der Waals surface area contributed by atoms with E-state index in [1.165, 1.54) is 18.4 Å². The number of fused-ring (bicyclic) bond motifs is 3. The van der Waals surface area contributed by atoms with E-state index in [1.807, 2.05) is 24.3 Å². The topological polar surface area (TPSA) is 74.3 Å². The fraction of sp³-hybridized carbons (Fsp3) is 0.143. The molecule has 0 unspecified atom stereocenters. The molecule has 2 N–H and O–H groups in total. The standard InChI is InChI=1S/C14H12N2O3S/c1-16-8-6-4-3-5-7(8)11-9(13(16)17)10(15)12(20-11)14(18)19-2/h3-6H,15H2,1-2H3. The summed E-state index contributed by atoms with van der Waals surface area (Å²) in [5.74, 6) is -0.519. The minimum absolute atomic E-state index is 0.197. The molecule has 0 saturated heterocycles. The minimum Gasteiger partial charge on any atom is -0.465 e. The number of methoxy groups -OCH3 is 1. The van der Waals surface area contributed by atoms with Gasteiger partial charge in [-0.1, -0.05) is 18.2 Å². The number of nitrogens with zero attached hydrogens (tertiary/aromatic N) is 1. The summed E-state index contributed by atoms with van der Waals surface area (Å²) in [7, 11) is 2.99. The highest BCUT2D eigenvalue weighted by Crippen LogP contribution is 2.36. The quantitative estimate of drug-likeness (QED) is 0.696. The van der Waals surface area contributed by atoms with Crippen LogP contribution in [0.5, 0.6) is 0 Å². The number of nitrogens with two attached hydrogens (primary N) is 1. The van der Waals surface area contributed by atoms with Gasteiger partial charge in [-0.2, -0.15) is 0 Å². The van der Waals surface area contributed by atoms with E-state index in [1.54, 1.807) is 11.6 Å². The Morgan fingerprint density at radius 3 is 2.75 bits per heavy atom. The maximum Gasteiger partial charge on any atom is 0.350 e. The van der Waals surface area contributed by atoms with Gasteiger partial charge in [0.2, 0.25) is 0 Å². The lowest BCUT2D eigenvalue weighted by Gasteiger charge is -2.05. The Bertz CT molecular complexity index is 908. The van der Waals surface area contributed by atoms with E-state index in [4.69, 9.17) is 10.5 Å². The molecule has 0 spiro atoms. The summed E-state index contributed by atoms with van der Waals surface area (Å²) in [5.41, 5.74) is 6.77. The summed E-state index contributed by atoms with van der Waals surface area (Å²) in [6, 6.07) is 7.53. The number of carbonyl (C=O) groups is 1. The second-order valence-corrected chi connectivity index (χ2v) is 5.44. The number of thiophene rings is 1. The predicted octanol–water partition coefficient (Wildman–Crippen LogP) is 2.12. The van der Waals surface area contributed by atoms with Gasteiger partial charge < -0.3 is 15.0 Å². The number of rotatable bonds is 1. The van der Waals surface area contributed by atoms with Crippen molar-refractivity contribution in [1.29, 1.82) is 0 Å². The lowest BCUT2D eigenvalue weighted by Crippen LogP contribution is -2.17. The van der Waals surface area contributed by atoms with Crippen LogP contribution < -0.4 is 11.3 Å². The summed E-state index contributed by atoms with van der Waals surface area (Å²) in [6.07, 6.45) is 0. The van der Waals surface area contributed by atoms with Gasteiger partial charge in [0, 0.05) is 12.4 Å². The molecular weight excluding hydrogens is 276 g/mol. The maximum atomic E-state index is 12.4. The molecule has 0 radical (unpaired) electrons. The lowest BCUT2D eigenvalue weighted by molar-refractivity contribution is 0.0607. The first kappa shape index (κ1) is 12.7. The Morgan fingerprint density at radius 2 is 2.05 bits per heavy atom. The molecule has 0 aliphatic carbocycles. The maximum absolute atomic E-state index is 12.4. The number of hydrogen-bond donors (Lipinski definition) is 1. The summed E-state index contributed by atoms with van der Waals surface area (Å²) in [6.45, 7) is 0. The molecule has 0 amide bonds. The van der Waals surface area contributed by atoms with Crippen molar-refractivity contribution in [3.8, 4) is 0 Å². The Labute approximate surface area is 118 Å². The van der Waals surface area contributed by atoms with Gasteiger partial charge >= 0.3 is 5.97 Å². The number of benzene rings is 1. The minimum atomic E-state index is -0.519. The van der Waals surface area contributed by atoms with Crippen LogP contribution in [-0.4, -0.2) is 17.6 Å². The third-order valence-corrected chi connectivity index (χ3v) is 4.56. The SMILES string of the molecule is COC(=O)c1sc2c(c1N)c(=O)n(C)c1ccccc21. The number of nitrogen functional groups attached to an aromatic ring is 1. The Balaban J connectivity index is 2.58. The molecule has 5 nitrogen and oxygen atoms in total. The van der Waals surface area contributed by atoms with Gasteiger partial charge in [-0.25, -0.2) is 4.79 Å². The Kier molecular flexibility index (Phi) is 2.76. The van der Waals surface area contributed by atoms with Crippen molar-refractivity contribution in [3.63, 3.8) is 0 Å². The van der Waals surface area contributed by atoms with E-state index < -0.39 is 5.97 Å². The van der Waals surface area contributed by atoms with E-state index >= 15 is 0 Å². The molecule has 6 heteroatoms. The summed E-state index contributed by atoms with van der Waals surface area (Å²) in [5, 5.41) is 1.29. The van der Waals surface area contributed by atoms with E-state index in [2.05, 4.69) is 0 Å². The normalized spacial score (nSPS) is 11.1. The molecule has 0 saturated carbocycles. The number of anilines is 1. The number of pyridine rings is 1. The highest BCUT2D eigenvalue weighted by molar-refractivity contribution is 7.22. The van der Waals surface area contributed by atoms with Crippen LogP contribution in [0.2, 0.25) is 0 Å². The first-order valence-corrected chi connectivity index (χ1v) is 6.76.